The minimum Gasteiger partial charge on any atom is -0.457 e. The molecule has 0 spiro atoms. The fourth-order valence-electron chi connectivity index (χ4n) is 2.65. The third-order valence-corrected chi connectivity index (χ3v) is 4.67. The summed E-state index contributed by atoms with van der Waals surface area (Å²) in [4.78, 5) is 15.9. The van der Waals surface area contributed by atoms with Crippen molar-refractivity contribution in [3.63, 3.8) is 0 Å². The summed E-state index contributed by atoms with van der Waals surface area (Å²) in [5, 5.41) is 8.95. The van der Waals surface area contributed by atoms with Gasteiger partial charge in [0.2, 0.25) is 0 Å². The minimum atomic E-state index is -0.364. The van der Waals surface area contributed by atoms with Crippen LogP contribution in [-0.2, 0) is 11.3 Å². The summed E-state index contributed by atoms with van der Waals surface area (Å²) >= 11 is 2.11. The van der Waals surface area contributed by atoms with Gasteiger partial charge < -0.3 is 9.72 Å². The van der Waals surface area contributed by atoms with Crippen molar-refractivity contribution in [2.45, 2.75) is 13.5 Å². The Morgan fingerprint density at radius 3 is 2.48 bits per heavy atom. The molecule has 0 bridgehead atoms. The van der Waals surface area contributed by atoms with Crippen LogP contribution in [0.15, 0.2) is 54.6 Å². The lowest BCUT2D eigenvalue weighted by atomic mass is 10.0. The van der Waals surface area contributed by atoms with E-state index in [-0.39, 0.29) is 12.6 Å². The van der Waals surface area contributed by atoms with Gasteiger partial charge >= 0.3 is 5.97 Å². The van der Waals surface area contributed by atoms with Gasteiger partial charge in [0.1, 0.15) is 6.61 Å². The van der Waals surface area contributed by atoms with E-state index in [2.05, 4.69) is 33.6 Å². The van der Waals surface area contributed by atoms with E-state index in [0.717, 1.165) is 26.1 Å². The molecule has 1 N–H and O–H groups in total. The Kier molecular flexibility index (Phi) is 5.19. The summed E-state index contributed by atoms with van der Waals surface area (Å²) in [5.74, 6) is -0.364. The molecule has 1 aromatic heterocycles. The molecule has 0 aliphatic carbocycles. The Bertz CT molecular complexity index is 938. The molecule has 0 fully saturated rings. The van der Waals surface area contributed by atoms with Crippen LogP contribution in [0.1, 0.15) is 27.2 Å². The van der Waals surface area contributed by atoms with Crippen molar-refractivity contribution in [1.29, 1.82) is 5.26 Å². The number of esters is 1. The summed E-state index contributed by atoms with van der Waals surface area (Å²) in [5.41, 5.74) is 4.63. The van der Waals surface area contributed by atoms with Crippen molar-refractivity contribution in [2.75, 3.05) is 0 Å². The number of ether oxygens (including phenoxy) is 1. The molecule has 0 unspecified atom stereocenters. The number of aryl methyl sites for hydroxylation is 1. The number of hydrogen-bond acceptors (Lipinski definition) is 3. The fraction of sp³-hybridized carbons (Fsp3) is 0.100. The van der Waals surface area contributed by atoms with Crippen LogP contribution in [0, 0.1) is 22.0 Å². The van der Waals surface area contributed by atoms with Crippen LogP contribution >= 0.6 is 22.6 Å². The minimum absolute atomic E-state index is 0.229. The van der Waals surface area contributed by atoms with E-state index < -0.39 is 0 Å². The van der Waals surface area contributed by atoms with Crippen molar-refractivity contribution in [3.8, 4) is 17.2 Å². The molecule has 124 valence electrons. The zero-order chi connectivity index (χ0) is 17.8. The number of carbonyl (C=O) groups excluding carboxylic acids is 1. The first-order valence-corrected chi connectivity index (χ1v) is 8.77. The predicted octanol–water partition coefficient (Wildman–Crippen LogP) is 4.82. The monoisotopic (exact) mass is 442 g/mol. The molecule has 0 aliphatic heterocycles. The van der Waals surface area contributed by atoms with Gasteiger partial charge in [0.15, 0.2) is 0 Å². The molecule has 5 heteroatoms. The van der Waals surface area contributed by atoms with Gasteiger partial charge in [0.25, 0.3) is 0 Å². The molecule has 0 aliphatic rings. The largest absolute Gasteiger partial charge is 0.457 e. The Morgan fingerprint density at radius 1 is 1.16 bits per heavy atom. The van der Waals surface area contributed by atoms with Gasteiger partial charge in [-0.2, -0.15) is 5.26 Å². The van der Waals surface area contributed by atoms with Gasteiger partial charge in [-0.15, -0.1) is 0 Å². The first-order valence-electron chi connectivity index (χ1n) is 7.70. The van der Waals surface area contributed by atoms with Crippen molar-refractivity contribution >= 4 is 28.6 Å². The smallest absolute Gasteiger partial charge is 0.341 e. The molecule has 3 aromatic rings. The maximum atomic E-state index is 12.7. The van der Waals surface area contributed by atoms with E-state index in [1.807, 2.05) is 49.4 Å². The van der Waals surface area contributed by atoms with Gasteiger partial charge in [-0.25, -0.2) is 4.79 Å². The maximum Gasteiger partial charge on any atom is 0.341 e. The highest BCUT2D eigenvalue weighted by atomic mass is 127. The second-order valence-corrected chi connectivity index (χ2v) is 6.64. The molecule has 1 heterocycles. The van der Waals surface area contributed by atoms with E-state index in [4.69, 9.17) is 10.00 Å². The van der Waals surface area contributed by atoms with E-state index >= 15 is 0 Å². The van der Waals surface area contributed by atoms with Crippen molar-refractivity contribution in [1.82, 2.24) is 4.98 Å². The van der Waals surface area contributed by atoms with Crippen LogP contribution in [0.25, 0.3) is 11.1 Å². The summed E-state index contributed by atoms with van der Waals surface area (Å²) in [6.07, 6.45) is 0. The quantitative estimate of drug-likeness (QED) is 0.465. The summed E-state index contributed by atoms with van der Waals surface area (Å²) in [7, 11) is 0. The van der Waals surface area contributed by atoms with E-state index in [1.54, 1.807) is 12.1 Å². The molecule has 25 heavy (non-hydrogen) atoms. The van der Waals surface area contributed by atoms with Crippen LogP contribution in [0.3, 0.4) is 0 Å². The van der Waals surface area contributed by atoms with E-state index in [0.29, 0.717) is 11.1 Å². The first kappa shape index (κ1) is 17.2. The number of halogens is 1. The van der Waals surface area contributed by atoms with Gasteiger partial charge in [-0.05, 0) is 52.8 Å². The standard InChI is InChI=1S/C20H15IN2O2/c1-13-17(16-9-7-14(11-22)8-10-16)18(19(21)23-13)20(24)25-12-15-5-3-2-4-6-15/h2-10,23H,12H2,1H3. The van der Waals surface area contributed by atoms with Crippen LogP contribution in [0.5, 0.6) is 0 Å². The highest BCUT2D eigenvalue weighted by Crippen LogP contribution is 2.32. The number of rotatable bonds is 4. The van der Waals surface area contributed by atoms with Gasteiger partial charge in [-0.3, -0.25) is 0 Å². The number of benzene rings is 2. The Hall–Kier alpha value is -2.59. The molecule has 0 atom stereocenters. The predicted molar refractivity (Wildman–Crippen MR) is 104 cm³/mol. The highest BCUT2D eigenvalue weighted by Gasteiger charge is 2.22. The molecule has 2 aromatic carbocycles. The lowest BCUT2D eigenvalue weighted by molar-refractivity contribution is 0.0472. The molecular weight excluding hydrogens is 427 g/mol. The number of aromatic nitrogens is 1. The second kappa shape index (κ2) is 7.53. The Labute approximate surface area is 159 Å². The number of H-pyrrole nitrogens is 1. The third-order valence-electron chi connectivity index (χ3n) is 3.86. The summed E-state index contributed by atoms with van der Waals surface area (Å²) < 4.78 is 6.24. The molecule has 4 nitrogen and oxygen atoms in total. The first-order chi connectivity index (χ1) is 12.1. The van der Waals surface area contributed by atoms with Crippen molar-refractivity contribution < 1.29 is 9.53 Å². The second-order valence-electron chi connectivity index (χ2n) is 5.56. The molecule has 3 rings (SSSR count). The summed E-state index contributed by atoms with van der Waals surface area (Å²) in [6.45, 7) is 2.15. The number of nitriles is 1. The van der Waals surface area contributed by atoms with Crippen molar-refractivity contribution in [2.24, 2.45) is 0 Å². The van der Waals surface area contributed by atoms with Crippen LogP contribution in [-0.4, -0.2) is 11.0 Å². The average Bonchev–Trinajstić information content (AvgIpc) is 2.94. The molecule has 0 amide bonds. The lowest BCUT2D eigenvalue weighted by Crippen LogP contribution is -2.07. The van der Waals surface area contributed by atoms with Gasteiger partial charge in [0.05, 0.1) is 20.9 Å². The maximum absolute atomic E-state index is 12.7. The molecule has 0 radical (unpaired) electrons. The Morgan fingerprint density at radius 2 is 1.84 bits per heavy atom. The fourth-order valence-corrected chi connectivity index (χ4v) is 3.54. The topological polar surface area (TPSA) is 65.9 Å². The number of nitrogens with zero attached hydrogens (tertiary/aromatic N) is 1. The lowest BCUT2D eigenvalue weighted by Gasteiger charge is -2.08. The SMILES string of the molecule is Cc1[nH]c(I)c(C(=O)OCc2ccccc2)c1-c1ccc(C#N)cc1. The van der Waals surface area contributed by atoms with E-state index in [9.17, 15) is 4.79 Å². The zero-order valence-corrected chi connectivity index (χ0v) is 15.7. The van der Waals surface area contributed by atoms with Crippen LogP contribution in [0.4, 0.5) is 0 Å². The number of nitrogens with one attached hydrogen (secondary N) is 1. The van der Waals surface area contributed by atoms with Crippen molar-refractivity contribution in [3.05, 3.63) is 80.7 Å². The number of carbonyl (C=O) groups is 1. The third kappa shape index (κ3) is 3.74. The zero-order valence-electron chi connectivity index (χ0n) is 13.5. The number of aromatic amines is 1. The van der Waals surface area contributed by atoms with Crippen LogP contribution < -0.4 is 0 Å². The van der Waals surface area contributed by atoms with Crippen LogP contribution in [0.2, 0.25) is 0 Å². The number of hydrogen-bond donors (Lipinski definition) is 1. The van der Waals surface area contributed by atoms with E-state index in [1.165, 1.54) is 0 Å². The molecule has 0 saturated heterocycles. The Balaban J connectivity index is 1.90. The van der Waals surface area contributed by atoms with Gasteiger partial charge in [-0.1, -0.05) is 42.5 Å². The van der Waals surface area contributed by atoms with Gasteiger partial charge in [0, 0.05) is 11.3 Å². The average molecular weight is 442 g/mol. The normalized spacial score (nSPS) is 10.3. The molecule has 0 saturated carbocycles. The highest BCUT2D eigenvalue weighted by molar-refractivity contribution is 14.1. The summed E-state index contributed by atoms with van der Waals surface area (Å²) in [6, 6.07) is 18.9. The molecular formula is C20H15IN2O2.